The first-order chi connectivity index (χ1) is 13.1. The zero-order valence-corrected chi connectivity index (χ0v) is 14.8. The van der Waals surface area contributed by atoms with E-state index in [-0.39, 0.29) is 29.7 Å². The molecule has 2 aromatic rings. The smallest absolute Gasteiger partial charge is 0.352 e. The second-order valence-electron chi connectivity index (χ2n) is 6.53. The van der Waals surface area contributed by atoms with Gasteiger partial charge < -0.3 is 16.0 Å². The molecule has 28 heavy (non-hydrogen) atoms. The predicted molar refractivity (Wildman–Crippen MR) is 94.3 cm³/mol. The maximum atomic E-state index is 14.6. The zero-order valence-electron chi connectivity index (χ0n) is 14.8. The van der Waals surface area contributed by atoms with Crippen LogP contribution >= 0.6 is 0 Å². The van der Waals surface area contributed by atoms with Gasteiger partial charge in [-0.3, -0.25) is 4.79 Å². The van der Waals surface area contributed by atoms with Crippen molar-refractivity contribution in [3.05, 3.63) is 64.5 Å². The highest BCUT2D eigenvalue weighted by Crippen LogP contribution is 2.37. The Morgan fingerprint density at radius 1 is 1.25 bits per heavy atom. The third-order valence-electron chi connectivity index (χ3n) is 4.70. The van der Waals surface area contributed by atoms with Crippen molar-refractivity contribution in [2.45, 2.75) is 25.1 Å². The Kier molecular flexibility index (Phi) is 5.01. The van der Waals surface area contributed by atoms with Crippen LogP contribution in [0.15, 0.2) is 36.4 Å². The average Bonchev–Trinajstić information content (AvgIpc) is 2.61. The number of halogens is 4. The van der Waals surface area contributed by atoms with Crippen molar-refractivity contribution in [1.82, 2.24) is 5.32 Å². The predicted octanol–water partition coefficient (Wildman–Crippen LogP) is 2.99. The normalized spacial score (nSPS) is 16.7. The number of carbonyl (C=O) groups excluding carboxylic acids is 2. The van der Waals surface area contributed by atoms with Gasteiger partial charge in [-0.15, -0.1) is 0 Å². The van der Waals surface area contributed by atoms with Crippen LogP contribution in [0.3, 0.4) is 0 Å². The van der Waals surface area contributed by atoms with E-state index >= 15 is 0 Å². The summed E-state index contributed by atoms with van der Waals surface area (Å²) in [4.78, 5) is 24.8. The van der Waals surface area contributed by atoms with Gasteiger partial charge in [0.1, 0.15) is 11.9 Å². The summed E-state index contributed by atoms with van der Waals surface area (Å²) in [6.45, 7) is 0. The number of nitrogens with one attached hydrogen (secondary N) is 1. The van der Waals surface area contributed by atoms with Crippen molar-refractivity contribution in [1.29, 1.82) is 0 Å². The number of likely N-dealkylation sites (N-methyl/N-ethyl adjacent to an activating group) is 1. The largest absolute Gasteiger partial charge is 0.416 e. The van der Waals surface area contributed by atoms with E-state index in [0.717, 1.165) is 17.0 Å². The number of nitrogens with two attached hydrogens (primary N) is 1. The lowest BCUT2D eigenvalue weighted by Gasteiger charge is -2.33. The number of benzene rings is 2. The summed E-state index contributed by atoms with van der Waals surface area (Å²) in [6.07, 6.45) is -4.86. The number of hydrogen-bond donors (Lipinski definition) is 2. The Balaban J connectivity index is 2.07. The number of rotatable bonds is 3. The molecule has 2 aromatic carbocycles. The van der Waals surface area contributed by atoms with E-state index in [2.05, 4.69) is 5.32 Å². The van der Waals surface area contributed by atoms with Crippen molar-refractivity contribution in [3.8, 4) is 0 Å². The van der Waals surface area contributed by atoms with Gasteiger partial charge >= 0.3 is 12.2 Å². The Hall–Kier alpha value is -3.10. The van der Waals surface area contributed by atoms with E-state index in [4.69, 9.17) is 5.73 Å². The summed E-state index contributed by atoms with van der Waals surface area (Å²) >= 11 is 0. The first-order valence-corrected chi connectivity index (χ1v) is 8.38. The van der Waals surface area contributed by atoms with E-state index < -0.39 is 35.5 Å². The molecule has 0 saturated heterocycles. The van der Waals surface area contributed by atoms with Gasteiger partial charge in [-0.05, 0) is 23.3 Å². The van der Waals surface area contributed by atoms with Crippen LogP contribution in [0.5, 0.6) is 0 Å². The minimum absolute atomic E-state index is 0.0115. The number of anilines is 1. The van der Waals surface area contributed by atoms with Crippen LogP contribution in [-0.2, 0) is 23.8 Å². The topological polar surface area (TPSA) is 75.4 Å². The third-order valence-corrected chi connectivity index (χ3v) is 4.70. The second-order valence-corrected chi connectivity index (χ2v) is 6.53. The molecule has 1 atom stereocenters. The number of amides is 3. The fourth-order valence-electron chi connectivity index (χ4n) is 3.49. The molecule has 0 fully saturated rings. The van der Waals surface area contributed by atoms with Gasteiger partial charge in [-0.1, -0.05) is 24.3 Å². The summed E-state index contributed by atoms with van der Waals surface area (Å²) in [7, 11) is 1.38. The Bertz CT molecular complexity index is 943. The second kappa shape index (κ2) is 7.14. The molecule has 5 nitrogen and oxygen atoms in total. The fourth-order valence-corrected chi connectivity index (χ4v) is 3.49. The summed E-state index contributed by atoms with van der Waals surface area (Å²) in [5, 5.41) is 2.32. The lowest BCUT2D eigenvalue weighted by molar-refractivity contribution is -0.138. The van der Waals surface area contributed by atoms with Crippen molar-refractivity contribution in [3.63, 3.8) is 0 Å². The number of urea groups is 1. The monoisotopic (exact) mass is 395 g/mol. The first-order valence-electron chi connectivity index (χ1n) is 8.38. The Morgan fingerprint density at radius 3 is 2.57 bits per heavy atom. The summed E-state index contributed by atoms with van der Waals surface area (Å²) in [5.74, 6) is -1.24. The molecule has 148 valence electrons. The molecule has 0 bridgehead atoms. The molecule has 1 aliphatic rings. The van der Waals surface area contributed by atoms with Crippen LogP contribution in [0.4, 0.5) is 28.0 Å². The SMILES string of the molecule is CN1C(=O)[C@H](NC(N)=O)Cc2ccc(F)c(Cc3ccccc3C(F)(F)F)c21. The minimum atomic E-state index is -4.58. The first kappa shape index (κ1) is 19.7. The van der Waals surface area contributed by atoms with Crippen molar-refractivity contribution in [2.75, 3.05) is 11.9 Å². The van der Waals surface area contributed by atoms with Gasteiger partial charge in [-0.2, -0.15) is 13.2 Å². The van der Waals surface area contributed by atoms with E-state index in [1.807, 2.05) is 0 Å². The molecule has 0 saturated carbocycles. The number of hydrogen-bond acceptors (Lipinski definition) is 2. The van der Waals surface area contributed by atoms with Gasteiger partial charge in [0, 0.05) is 25.5 Å². The Morgan fingerprint density at radius 2 is 1.93 bits per heavy atom. The lowest BCUT2D eigenvalue weighted by atomic mass is 9.90. The van der Waals surface area contributed by atoms with E-state index in [9.17, 15) is 27.2 Å². The molecular formula is C19H17F4N3O2. The molecule has 0 unspecified atom stereocenters. The molecule has 1 heterocycles. The van der Waals surface area contributed by atoms with Gasteiger partial charge in [0.05, 0.1) is 11.3 Å². The zero-order chi connectivity index (χ0) is 20.6. The number of alkyl halides is 3. The summed E-state index contributed by atoms with van der Waals surface area (Å²) in [6, 6.07) is 5.72. The number of carbonyl (C=O) groups is 2. The summed E-state index contributed by atoms with van der Waals surface area (Å²) < 4.78 is 54.5. The molecule has 3 rings (SSSR count). The highest BCUT2D eigenvalue weighted by atomic mass is 19.4. The van der Waals surface area contributed by atoms with Gasteiger partial charge in [0.25, 0.3) is 0 Å². The maximum absolute atomic E-state index is 14.6. The number of fused-ring (bicyclic) bond motifs is 1. The van der Waals surface area contributed by atoms with Crippen LogP contribution in [0.25, 0.3) is 0 Å². The summed E-state index contributed by atoms with van der Waals surface area (Å²) in [5.41, 5.74) is 4.85. The molecule has 1 aliphatic heterocycles. The van der Waals surface area contributed by atoms with E-state index in [1.54, 1.807) is 0 Å². The Labute approximate surface area is 158 Å². The lowest BCUT2D eigenvalue weighted by Crippen LogP contribution is -2.53. The van der Waals surface area contributed by atoms with Crippen LogP contribution in [-0.4, -0.2) is 25.0 Å². The van der Waals surface area contributed by atoms with E-state index in [0.29, 0.717) is 5.56 Å². The van der Waals surface area contributed by atoms with Gasteiger partial charge in [0.2, 0.25) is 5.91 Å². The van der Waals surface area contributed by atoms with Crippen molar-refractivity contribution in [2.24, 2.45) is 5.73 Å². The fraction of sp³-hybridized carbons (Fsp3) is 0.263. The minimum Gasteiger partial charge on any atom is -0.352 e. The molecule has 0 spiro atoms. The highest BCUT2D eigenvalue weighted by Gasteiger charge is 2.36. The van der Waals surface area contributed by atoms with Crippen LogP contribution in [0.2, 0.25) is 0 Å². The van der Waals surface area contributed by atoms with Crippen molar-refractivity contribution < 1.29 is 27.2 Å². The standard InChI is InChI=1S/C19H17F4N3O2/c1-26-16-11(9-15(17(26)27)25-18(24)28)6-7-14(20)12(16)8-10-4-2-3-5-13(10)19(21,22)23/h2-7,15H,8-9H2,1H3,(H3,24,25,28)/t15-/m1/s1. The molecule has 0 aromatic heterocycles. The molecule has 0 radical (unpaired) electrons. The van der Waals surface area contributed by atoms with Crippen molar-refractivity contribution >= 4 is 17.6 Å². The van der Waals surface area contributed by atoms with Gasteiger partial charge in [-0.25, -0.2) is 9.18 Å². The van der Waals surface area contributed by atoms with Crippen LogP contribution < -0.4 is 16.0 Å². The van der Waals surface area contributed by atoms with E-state index in [1.165, 1.54) is 31.3 Å². The maximum Gasteiger partial charge on any atom is 0.416 e. The van der Waals surface area contributed by atoms with Crippen LogP contribution in [0.1, 0.15) is 22.3 Å². The molecule has 3 amide bonds. The number of nitrogens with zero attached hydrogens (tertiary/aromatic N) is 1. The average molecular weight is 395 g/mol. The van der Waals surface area contributed by atoms with Gasteiger partial charge in [0.15, 0.2) is 0 Å². The van der Waals surface area contributed by atoms with Crippen LogP contribution in [0, 0.1) is 5.82 Å². The highest BCUT2D eigenvalue weighted by molar-refractivity contribution is 6.02. The molecule has 0 aliphatic carbocycles. The quantitative estimate of drug-likeness (QED) is 0.784. The number of primary amides is 1. The third kappa shape index (κ3) is 3.64. The molecule has 3 N–H and O–H groups in total. The molecule has 9 heteroatoms. The molecular weight excluding hydrogens is 378 g/mol.